The van der Waals surface area contributed by atoms with Crippen molar-refractivity contribution in [2.75, 3.05) is 17.7 Å². The highest BCUT2D eigenvalue weighted by molar-refractivity contribution is 5.55. The van der Waals surface area contributed by atoms with Crippen LogP contribution < -0.4 is 11.1 Å². The summed E-state index contributed by atoms with van der Waals surface area (Å²) in [5, 5.41) is 3.55. The lowest BCUT2D eigenvalue weighted by Gasteiger charge is -2.40. The second kappa shape index (κ2) is 6.39. The molecule has 112 valence electrons. The zero-order valence-corrected chi connectivity index (χ0v) is 12.8. The Hall–Kier alpha value is -1.36. The molecule has 0 bridgehead atoms. The van der Waals surface area contributed by atoms with Crippen molar-refractivity contribution in [1.29, 1.82) is 0 Å². The van der Waals surface area contributed by atoms with E-state index in [0.29, 0.717) is 11.9 Å². The minimum absolute atomic E-state index is 0.0148. The quantitative estimate of drug-likeness (QED) is 0.866. The van der Waals surface area contributed by atoms with Crippen molar-refractivity contribution in [2.45, 2.75) is 64.5 Å². The molecule has 1 saturated heterocycles. The first-order valence-corrected chi connectivity index (χ1v) is 7.64. The third kappa shape index (κ3) is 3.03. The van der Waals surface area contributed by atoms with E-state index in [0.717, 1.165) is 50.1 Å². The molecule has 2 rings (SSSR count). The van der Waals surface area contributed by atoms with Crippen molar-refractivity contribution >= 4 is 11.6 Å². The fourth-order valence-electron chi connectivity index (χ4n) is 2.99. The Bertz CT molecular complexity index is 445. The maximum atomic E-state index is 6.01. The number of hydrogen-bond acceptors (Lipinski definition) is 5. The molecule has 1 fully saturated rings. The lowest BCUT2D eigenvalue weighted by atomic mass is 9.86. The molecule has 5 nitrogen and oxygen atoms in total. The van der Waals surface area contributed by atoms with E-state index in [1.54, 1.807) is 0 Å². The molecule has 1 aliphatic heterocycles. The molecule has 5 heteroatoms. The number of nitrogen functional groups attached to an aromatic ring is 1. The summed E-state index contributed by atoms with van der Waals surface area (Å²) in [6.07, 6.45) is 6.50. The van der Waals surface area contributed by atoms with Gasteiger partial charge in [-0.1, -0.05) is 20.8 Å². The number of nitrogens with two attached hydrogens (primary N) is 1. The van der Waals surface area contributed by atoms with E-state index >= 15 is 0 Å². The van der Waals surface area contributed by atoms with Gasteiger partial charge in [0.1, 0.15) is 18.0 Å². The molecule has 0 amide bonds. The summed E-state index contributed by atoms with van der Waals surface area (Å²) in [5.74, 6) is 1.46. The van der Waals surface area contributed by atoms with E-state index in [4.69, 9.17) is 10.5 Å². The molecule has 1 unspecified atom stereocenters. The van der Waals surface area contributed by atoms with E-state index in [9.17, 15) is 0 Å². The Morgan fingerprint density at radius 2 is 2.10 bits per heavy atom. The molecule has 1 aromatic rings. The highest BCUT2D eigenvalue weighted by atomic mass is 16.5. The third-order valence-electron chi connectivity index (χ3n) is 4.45. The van der Waals surface area contributed by atoms with Gasteiger partial charge < -0.3 is 15.8 Å². The molecule has 3 N–H and O–H groups in total. The normalized spacial score (nSPS) is 21.6. The zero-order chi connectivity index (χ0) is 14.6. The number of rotatable bonds is 5. The minimum Gasteiger partial charge on any atom is -0.383 e. The van der Waals surface area contributed by atoms with Crippen LogP contribution in [0.25, 0.3) is 0 Å². The van der Waals surface area contributed by atoms with E-state index in [2.05, 4.69) is 36.1 Å². The van der Waals surface area contributed by atoms with E-state index < -0.39 is 0 Å². The second-order valence-corrected chi connectivity index (χ2v) is 5.51. The molecule has 0 spiro atoms. The van der Waals surface area contributed by atoms with Gasteiger partial charge in [-0.2, -0.15) is 0 Å². The topological polar surface area (TPSA) is 73.1 Å². The summed E-state index contributed by atoms with van der Waals surface area (Å²) in [5.41, 5.74) is 6.95. The standard InChI is InChI=1S/C15H26N4O/c1-4-12-13(16)17-10-18-14(12)19-11-7-8-20-15(5-2,6-3)9-11/h10-11H,4-9H2,1-3H3,(H3,16,17,18,19). The van der Waals surface area contributed by atoms with Crippen molar-refractivity contribution in [3.8, 4) is 0 Å². The number of nitrogens with zero attached hydrogens (tertiary/aromatic N) is 2. The van der Waals surface area contributed by atoms with Crippen molar-refractivity contribution < 1.29 is 4.74 Å². The lowest BCUT2D eigenvalue weighted by molar-refractivity contribution is -0.0864. The van der Waals surface area contributed by atoms with Crippen LogP contribution in [0.5, 0.6) is 0 Å². The highest BCUT2D eigenvalue weighted by Gasteiger charge is 2.34. The predicted octanol–water partition coefficient (Wildman–Crippen LogP) is 2.77. The van der Waals surface area contributed by atoms with Gasteiger partial charge in [-0.25, -0.2) is 9.97 Å². The molecule has 0 radical (unpaired) electrons. The first kappa shape index (κ1) is 15.0. The van der Waals surface area contributed by atoms with Crippen molar-refractivity contribution in [3.05, 3.63) is 11.9 Å². The van der Waals surface area contributed by atoms with Gasteiger partial charge in [0, 0.05) is 18.2 Å². The van der Waals surface area contributed by atoms with Crippen molar-refractivity contribution in [1.82, 2.24) is 9.97 Å². The Morgan fingerprint density at radius 3 is 2.75 bits per heavy atom. The first-order valence-electron chi connectivity index (χ1n) is 7.64. The van der Waals surface area contributed by atoms with Crippen LogP contribution in [0.2, 0.25) is 0 Å². The fourth-order valence-corrected chi connectivity index (χ4v) is 2.99. The largest absolute Gasteiger partial charge is 0.383 e. The molecule has 1 atom stereocenters. The molecule has 2 heterocycles. The smallest absolute Gasteiger partial charge is 0.134 e. The van der Waals surface area contributed by atoms with Crippen LogP contribution in [0.4, 0.5) is 11.6 Å². The zero-order valence-electron chi connectivity index (χ0n) is 12.8. The molecule has 1 aliphatic rings. The summed E-state index contributed by atoms with van der Waals surface area (Å²) in [6.45, 7) is 7.28. The van der Waals surface area contributed by atoms with E-state index in [1.807, 2.05) is 0 Å². The average Bonchev–Trinajstić information content (AvgIpc) is 2.48. The number of ether oxygens (including phenoxy) is 1. The molecular weight excluding hydrogens is 252 g/mol. The summed E-state index contributed by atoms with van der Waals surface area (Å²) < 4.78 is 6.01. The van der Waals surface area contributed by atoms with Crippen molar-refractivity contribution in [3.63, 3.8) is 0 Å². The lowest BCUT2D eigenvalue weighted by Crippen LogP contribution is -2.43. The maximum Gasteiger partial charge on any atom is 0.134 e. The van der Waals surface area contributed by atoms with Gasteiger partial charge in [-0.15, -0.1) is 0 Å². The van der Waals surface area contributed by atoms with Gasteiger partial charge in [0.15, 0.2) is 0 Å². The van der Waals surface area contributed by atoms with Crippen LogP contribution in [0, 0.1) is 0 Å². The van der Waals surface area contributed by atoms with E-state index in [1.165, 1.54) is 6.33 Å². The maximum absolute atomic E-state index is 6.01. The molecule has 1 aromatic heterocycles. The summed E-state index contributed by atoms with van der Waals surface area (Å²) in [4.78, 5) is 8.43. The summed E-state index contributed by atoms with van der Waals surface area (Å²) in [6, 6.07) is 0.392. The molecule has 0 aliphatic carbocycles. The first-order chi connectivity index (χ1) is 9.64. The Balaban J connectivity index is 2.12. The Morgan fingerprint density at radius 1 is 1.35 bits per heavy atom. The minimum atomic E-state index is 0.0148. The third-order valence-corrected chi connectivity index (χ3v) is 4.45. The molecule has 0 aromatic carbocycles. The summed E-state index contributed by atoms with van der Waals surface area (Å²) in [7, 11) is 0. The van der Waals surface area contributed by atoms with Gasteiger partial charge in [0.05, 0.1) is 5.60 Å². The SMILES string of the molecule is CCc1c(N)ncnc1NC1CCOC(CC)(CC)C1. The number of hydrogen-bond donors (Lipinski definition) is 2. The van der Waals surface area contributed by atoms with Crippen molar-refractivity contribution in [2.24, 2.45) is 0 Å². The second-order valence-electron chi connectivity index (χ2n) is 5.51. The summed E-state index contributed by atoms with van der Waals surface area (Å²) >= 11 is 0. The number of aromatic nitrogens is 2. The van der Waals surface area contributed by atoms with Gasteiger partial charge >= 0.3 is 0 Å². The van der Waals surface area contributed by atoms with Gasteiger partial charge in [-0.05, 0) is 32.1 Å². The molecule has 20 heavy (non-hydrogen) atoms. The average molecular weight is 278 g/mol. The van der Waals surface area contributed by atoms with Crippen LogP contribution in [-0.2, 0) is 11.2 Å². The monoisotopic (exact) mass is 278 g/mol. The van der Waals surface area contributed by atoms with Crippen LogP contribution in [0.3, 0.4) is 0 Å². The van der Waals surface area contributed by atoms with Crippen LogP contribution in [-0.4, -0.2) is 28.2 Å². The predicted molar refractivity (Wildman–Crippen MR) is 81.7 cm³/mol. The van der Waals surface area contributed by atoms with Crippen LogP contribution >= 0.6 is 0 Å². The van der Waals surface area contributed by atoms with Gasteiger partial charge in [-0.3, -0.25) is 0 Å². The number of anilines is 2. The van der Waals surface area contributed by atoms with Crippen LogP contribution in [0.15, 0.2) is 6.33 Å². The molecule has 0 saturated carbocycles. The van der Waals surface area contributed by atoms with Gasteiger partial charge in [0.2, 0.25) is 0 Å². The van der Waals surface area contributed by atoms with Gasteiger partial charge in [0.25, 0.3) is 0 Å². The van der Waals surface area contributed by atoms with Crippen LogP contribution in [0.1, 0.15) is 52.0 Å². The Kier molecular flexibility index (Phi) is 4.81. The molecular formula is C15H26N4O. The fraction of sp³-hybridized carbons (Fsp3) is 0.733. The van der Waals surface area contributed by atoms with E-state index in [-0.39, 0.29) is 5.60 Å². The highest BCUT2D eigenvalue weighted by Crippen LogP contribution is 2.33. The number of nitrogens with one attached hydrogen (secondary N) is 1. The Labute approximate surface area is 121 Å².